The second kappa shape index (κ2) is 15.8. The monoisotopic (exact) mass is 581 g/mol. The fraction of sp³-hybridized carbons (Fsp3) is 0.361. The van der Waals surface area contributed by atoms with Crippen molar-refractivity contribution >= 4 is 22.6 Å². The lowest BCUT2D eigenvalue weighted by atomic mass is 9.78. The van der Waals surface area contributed by atoms with Gasteiger partial charge in [0.05, 0.1) is 17.4 Å². The quantitative estimate of drug-likeness (QED) is 0.0906. The lowest BCUT2D eigenvalue weighted by Gasteiger charge is -2.33. The van der Waals surface area contributed by atoms with Crippen molar-refractivity contribution in [2.45, 2.75) is 58.8 Å². The number of benzene rings is 3. The fourth-order valence-corrected chi connectivity index (χ4v) is 5.55. The van der Waals surface area contributed by atoms with Gasteiger partial charge in [-0.2, -0.15) is 5.10 Å². The molecule has 1 amide bonds. The van der Waals surface area contributed by atoms with Crippen molar-refractivity contribution in [2.75, 3.05) is 19.6 Å². The molecule has 4 aromatic rings. The number of nitrogens with one attached hydrogen (secondary N) is 1. The van der Waals surface area contributed by atoms with Crippen molar-refractivity contribution < 1.29 is 14.3 Å². The molecule has 2 atom stereocenters. The first-order chi connectivity index (χ1) is 20.9. The SMILES string of the molecule is CCCCN(CCCC)CC(C(C)=NNC(=O)Cc1ccccc1)C(c1ccccc1)c1c(O)c2ccccc2oc1=O. The first-order valence-corrected chi connectivity index (χ1v) is 15.3. The Balaban J connectivity index is 1.81. The molecule has 2 unspecified atom stereocenters. The van der Waals surface area contributed by atoms with Crippen molar-refractivity contribution in [1.29, 1.82) is 0 Å². The Morgan fingerprint density at radius 3 is 2.16 bits per heavy atom. The third kappa shape index (κ3) is 8.42. The number of nitrogens with zero attached hydrogens (tertiary/aromatic N) is 2. The van der Waals surface area contributed by atoms with Crippen molar-refractivity contribution in [1.82, 2.24) is 10.3 Å². The van der Waals surface area contributed by atoms with E-state index in [-0.39, 0.29) is 29.6 Å². The van der Waals surface area contributed by atoms with Crippen molar-refractivity contribution in [3.63, 3.8) is 0 Å². The molecule has 0 fully saturated rings. The summed E-state index contributed by atoms with van der Waals surface area (Å²) >= 11 is 0. The predicted molar refractivity (Wildman–Crippen MR) is 174 cm³/mol. The smallest absolute Gasteiger partial charge is 0.343 e. The summed E-state index contributed by atoms with van der Waals surface area (Å²) < 4.78 is 5.77. The average molecular weight is 582 g/mol. The van der Waals surface area contributed by atoms with Gasteiger partial charge in [-0.3, -0.25) is 4.79 Å². The summed E-state index contributed by atoms with van der Waals surface area (Å²) in [6.45, 7) is 8.64. The summed E-state index contributed by atoms with van der Waals surface area (Å²) in [4.78, 5) is 28.9. The lowest BCUT2D eigenvalue weighted by molar-refractivity contribution is -0.120. The summed E-state index contributed by atoms with van der Waals surface area (Å²) in [5, 5.41) is 16.7. The molecule has 7 heteroatoms. The third-order valence-corrected chi connectivity index (χ3v) is 7.90. The minimum absolute atomic E-state index is 0.0831. The van der Waals surface area contributed by atoms with E-state index in [1.54, 1.807) is 18.2 Å². The Morgan fingerprint density at radius 1 is 0.907 bits per heavy atom. The van der Waals surface area contributed by atoms with E-state index in [1.165, 1.54) is 0 Å². The molecular formula is C36H43N3O4. The molecule has 0 saturated heterocycles. The van der Waals surface area contributed by atoms with E-state index in [2.05, 4.69) is 29.3 Å². The van der Waals surface area contributed by atoms with E-state index in [1.807, 2.05) is 73.7 Å². The molecule has 0 radical (unpaired) electrons. The molecule has 7 nitrogen and oxygen atoms in total. The van der Waals surface area contributed by atoms with E-state index in [4.69, 9.17) is 4.42 Å². The molecule has 2 N–H and O–H groups in total. The van der Waals surface area contributed by atoms with Crippen molar-refractivity contribution in [3.05, 3.63) is 112 Å². The molecule has 0 aliphatic rings. The van der Waals surface area contributed by atoms with Gasteiger partial charge >= 0.3 is 5.63 Å². The zero-order valence-corrected chi connectivity index (χ0v) is 25.5. The Bertz CT molecular complexity index is 1540. The van der Waals surface area contributed by atoms with Crippen LogP contribution in [0.3, 0.4) is 0 Å². The average Bonchev–Trinajstić information content (AvgIpc) is 3.03. The Morgan fingerprint density at radius 2 is 1.51 bits per heavy atom. The second-order valence-corrected chi connectivity index (χ2v) is 11.1. The molecule has 0 saturated carbocycles. The number of hydrazone groups is 1. The van der Waals surface area contributed by atoms with Gasteiger partial charge in [0.15, 0.2) is 0 Å². The largest absolute Gasteiger partial charge is 0.507 e. The number of hydrogen-bond donors (Lipinski definition) is 2. The number of aromatic hydroxyl groups is 1. The van der Waals surface area contributed by atoms with Crippen LogP contribution < -0.4 is 11.1 Å². The maximum Gasteiger partial charge on any atom is 0.343 e. The molecule has 1 heterocycles. The first-order valence-electron chi connectivity index (χ1n) is 15.3. The summed E-state index contributed by atoms with van der Waals surface area (Å²) in [5.74, 6) is -1.21. The summed E-state index contributed by atoms with van der Waals surface area (Å²) in [6, 6.07) is 26.3. The third-order valence-electron chi connectivity index (χ3n) is 7.90. The number of para-hydroxylation sites is 1. The van der Waals surface area contributed by atoms with E-state index in [9.17, 15) is 14.7 Å². The van der Waals surface area contributed by atoms with Crippen LogP contribution in [0.1, 0.15) is 69.1 Å². The predicted octanol–water partition coefficient (Wildman–Crippen LogP) is 6.88. The molecule has 1 aromatic heterocycles. The second-order valence-electron chi connectivity index (χ2n) is 11.1. The van der Waals surface area contributed by atoms with Crippen LogP contribution >= 0.6 is 0 Å². The van der Waals surface area contributed by atoms with Crippen LogP contribution in [0, 0.1) is 5.92 Å². The molecule has 0 bridgehead atoms. The van der Waals surface area contributed by atoms with Gasteiger partial charge in [0.1, 0.15) is 11.3 Å². The molecule has 3 aromatic carbocycles. The highest BCUT2D eigenvalue weighted by molar-refractivity contribution is 5.89. The van der Waals surface area contributed by atoms with Gasteiger partial charge in [0, 0.05) is 24.1 Å². The van der Waals surface area contributed by atoms with Gasteiger partial charge in [-0.15, -0.1) is 0 Å². The Kier molecular flexibility index (Phi) is 11.7. The van der Waals surface area contributed by atoms with Crippen LogP contribution in [0.25, 0.3) is 11.0 Å². The van der Waals surface area contributed by atoms with Crippen molar-refractivity contribution in [3.8, 4) is 5.75 Å². The van der Waals surface area contributed by atoms with E-state index < -0.39 is 11.5 Å². The van der Waals surface area contributed by atoms with Crippen molar-refractivity contribution in [2.24, 2.45) is 11.0 Å². The minimum atomic E-state index is -0.579. The zero-order valence-electron chi connectivity index (χ0n) is 25.5. The number of carbonyl (C=O) groups excluding carboxylic acids is 1. The van der Waals surface area contributed by atoms with E-state index in [0.717, 1.165) is 49.9 Å². The zero-order chi connectivity index (χ0) is 30.6. The molecular weight excluding hydrogens is 538 g/mol. The summed E-state index contributed by atoms with van der Waals surface area (Å²) in [5.41, 5.74) is 5.14. The van der Waals surface area contributed by atoms with E-state index >= 15 is 0 Å². The van der Waals surface area contributed by atoms with Crippen LogP contribution in [0.15, 0.2) is 99.2 Å². The van der Waals surface area contributed by atoms with Crippen LogP contribution in [-0.2, 0) is 11.2 Å². The lowest BCUT2D eigenvalue weighted by Crippen LogP contribution is -2.39. The van der Waals surface area contributed by atoms with Gasteiger partial charge in [0.2, 0.25) is 5.91 Å². The van der Waals surface area contributed by atoms with Crippen LogP contribution in [0.5, 0.6) is 5.75 Å². The van der Waals surface area contributed by atoms with Crippen LogP contribution in [-0.4, -0.2) is 41.3 Å². The number of carbonyl (C=O) groups is 1. The fourth-order valence-electron chi connectivity index (χ4n) is 5.55. The standard InChI is InChI=1S/C36H43N3O4/c1-4-6-22-39(23-7-5-2)25-30(26(3)37-38-32(40)24-27-16-10-8-11-17-27)33(28-18-12-9-13-19-28)34-35(41)29-20-14-15-21-31(29)43-36(34)42/h8-21,30,33,41H,4-7,22-25H2,1-3H3,(H,38,40). The normalized spacial score (nSPS) is 13.3. The number of hydrogen-bond acceptors (Lipinski definition) is 6. The summed E-state index contributed by atoms with van der Waals surface area (Å²) in [7, 11) is 0. The Labute approximate surface area is 254 Å². The van der Waals surface area contributed by atoms with Crippen LogP contribution in [0.2, 0.25) is 0 Å². The highest BCUT2D eigenvalue weighted by Crippen LogP contribution is 2.39. The minimum Gasteiger partial charge on any atom is -0.507 e. The van der Waals surface area contributed by atoms with E-state index in [0.29, 0.717) is 23.2 Å². The molecule has 43 heavy (non-hydrogen) atoms. The maximum absolute atomic E-state index is 13.6. The first kappa shape index (κ1) is 31.7. The number of unbranched alkanes of at least 4 members (excludes halogenated alkanes) is 2. The van der Waals surface area contributed by atoms with Gasteiger partial charge < -0.3 is 14.4 Å². The highest BCUT2D eigenvalue weighted by Gasteiger charge is 2.34. The topological polar surface area (TPSA) is 95.1 Å². The number of fused-ring (bicyclic) bond motifs is 1. The molecule has 0 aliphatic carbocycles. The Hall–Kier alpha value is -4.23. The number of rotatable bonds is 15. The molecule has 0 aliphatic heterocycles. The number of amides is 1. The van der Waals surface area contributed by atoms with Gasteiger partial charge in [-0.1, -0.05) is 99.5 Å². The molecule has 0 spiro atoms. The van der Waals surface area contributed by atoms with Gasteiger partial charge in [-0.05, 0) is 56.1 Å². The maximum atomic E-state index is 13.6. The van der Waals surface area contributed by atoms with Gasteiger partial charge in [-0.25, -0.2) is 10.2 Å². The molecule has 226 valence electrons. The summed E-state index contributed by atoms with van der Waals surface area (Å²) in [6.07, 6.45) is 4.42. The van der Waals surface area contributed by atoms with Gasteiger partial charge in [0.25, 0.3) is 0 Å². The molecule has 4 rings (SSSR count). The van der Waals surface area contributed by atoms with Crippen LogP contribution in [0.4, 0.5) is 0 Å². The highest BCUT2D eigenvalue weighted by atomic mass is 16.4.